The Morgan fingerprint density at radius 2 is 0.911 bits per heavy atom. The fourth-order valence-corrected chi connectivity index (χ4v) is 8.71. The number of carbonyl (C=O) groups is 10. The molecule has 0 saturated carbocycles. The summed E-state index contributed by atoms with van der Waals surface area (Å²) in [7, 11) is 0. The summed E-state index contributed by atoms with van der Waals surface area (Å²) in [5.41, 5.74) is 13.0. The van der Waals surface area contributed by atoms with Crippen molar-refractivity contribution in [2.24, 2.45) is 35.1 Å². The lowest BCUT2D eigenvalue weighted by atomic mass is 9.95. The van der Waals surface area contributed by atoms with E-state index in [-0.39, 0.29) is 43.3 Å². The summed E-state index contributed by atoms with van der Waals surface area (Å²) in [5.74, 6) is -10.2. The van der Waals surface area contributed by atoms with Crippen molar-refractivity contribution < 1.29 is 63.3 Å². The van der Waals surface area contributed by atoms with E-state index in [4.69, 9.17) is 11.5 Å². The third kappa shape index (κ3) is 24.0. The zero-order chi connectivity index (χ0) is 59.7. The molecule has 79 heavy (non-hydrogen) atoms. The molecule has 15 N–H and O–H groups in total. The Labute approximate surface area is 467 Å². The molecule has 12 unspecified atom stereocenters. The SMILES string of the molecule is CCC(C)C(NC(=O)C(CC(N)=O)NC(=O)C(NC(=O)C(Cc1ccccc1)NC(=O)C(Cc1ccc(O)cc1)NC(=O)C(N)CCSC)C(C)CC)C(=O)NC(CC(C)C)C(=O)NC(C(=O)NC(CC(C)C)C(=O)O)C(C)O. The molecule has 440 valence electrons. The molecule has 0 aliphatic rings. The molecule has 24 heteroatoms. The first-order chi connectivity index (χ1) is 37.1. The zero-order valence-corrected chi connectivity index (χ0v) is 47.9. The molecule has 12 atom stereocenters. The summed E-state index contributed by atoms with van der Waals surface area (Å²) in [4.78, 5) is 137. The van der Waals surface area contributed by atoms with Gasteiger partial charge >= 0.3 is 5.97 Å². The highest BCUT2D eigenvalue weighted by atomic mass is 32.2. The van der Waals surface area contributed by atoms with Crippen molar-refractivity contribution >= 4 is 70.9 Å². The van der Waals surface area contributed by atoms with Crippen molar-refractivity contribution in [3.8, 4) is 5.75 Å². The summed E-state index contributed by atoms with van der Waals surface area (Å²) in [6.07, 6.45) is 0.497. The van der Waals surface area contributed by atoms with E-state index in [1.807, 2.05) is 6.26 Å². The molecule has 0 aliphatic heterocycles. The molecular weight excluding hydrogens is 1040 g/mol. The van der Waals surface area contributed by atoms with Crippen LogP contribution < -0.4 is 54.0 Å². The van der Waals surface area contributed by atoms with E-state index in [9.17, 15) is 63.3 Å². The number of hydrogen-bond acceptors (Lipinski definition) is 14. The van der Waals surface area contributed by atoms with Crippen LogP contribution in [0.25, 0.3) is 0 Å². The Balaban J connectivity index is 2.48. The third-order valence-corrected chi connectivity index (χ3v) is 13.9. The molecule has 0 fully saturated rings. The van der Waals surface area contributed by atoms with E-state index in [0.717, 1.165) is 0 Å². The number of phenols is 1. The van der Waals surface area contributed by atoms with Crippen LogP contribution in [0.3, 0.4) is 0 Å². The van der Waals surface area contributed by atoms with Gasteiger partial charge in [0, 0.05) is 12.8 Å². The fourth-order valence-electron chi connectivity index (χ4n) is 8.22. The number of carboxylic acid groups (broad SMARTS) is 1. The lowest BCUT2D eigenvalue weighted by Gasteiger charge is -2.31. The Bertz CT molecular complexity index is 2340. The molecule has 23 nitrogen and oxygen atoms in total. The smallest absolute Gasteiger partial charge is 0.326 e. The average molecular weight is 1130 g/mol. The normalized spacial score (nSPS) is 15.9. The van der Waals surface area contributed by atoms with Gasteiger partial charge in [-0.25, -0.2) is 4.79 Å². The molecular formula is C55H86N10O13S. The topological polar surface area (TPSA) is 380 Å². The lowest BCUT2D eigenvalue weighted by Crippen LogP contribution is -2.62. The number of carboxylic acids is 1. The third-order valence-electron chi connectivity index (χ3n) is 13.2. The molecule has 2 aromatic rings. The van der Waals surface area contributed by atoms with Gasteiger partial charge in [0.15, 0.2) is 0 Å². The average Bonchev–Trinajstić information content (AvgIpc) is 3.39. The van der Waals surface area contributed by atoms with Crippen molar-refractivity contribution in [1.29, 1.82) is 0 Å². The Morgan fingerprint density at radius 3 is 1.37 bits per heavy atom. The van der Waals surface area contributed by atoms with Crippen LogP contribution in [0, 0.1) is 23.7 Å². The highest BCUT2D eigenvalue weighted by Crippen LogP contribution is 2.17. The van der Waals surface area contributed by atoms with Gasteiger partial charge < -0.3 is 69.3 Å². The number of thioether (sulfide) groups is 1. The van der Waals surface area contributed by atoms with Gasteiger partial charge in [-0.15, -0.1) is 0 Å². The molecule has 2 aromatic carbocycles. The number of aromatic hydroxyl groups is 1. The fraction of sp³-hybridized carbons (Fsp3) is 0.600. The first-order valence-corrected chi connectivity index (χ1v) is 28.2. The van der Waals surface area contributed by atoms with Gasteiger partial charge in [-0.2, -0.15) is 11.8 Å². The molecule has 0 aromatic heterocycles. The molecule has 0 aliphatic carbocycles. The number of hydrogen-bond donors (Lipinski definition) is 13. The van der Waals surface area contributed by atoms with Crippen LogP contribution in [0.4, 0.5) is 0 Å². The van der Waals surface area contributed by atoms with Crippen LogP contribution in [-0.4, -0.2) is 147 Å². The highest BCUT2D eigenvalue weighted by Gasteiger charge is 2.38. The minimum Gasteiger partial charge on any atom is -0.508 e. The van der Waals surface area contributed by atoms with Crippen LogP contribution in [0.5, 0.6) is 5.75 Å². The largest absolute Gasteiger partial charge is 0.508 e. The van der Waals surface area contributed by atoms with E-state index in [1.165, 1.54) is 30.8 Å². The number of aliphatic hydroxyl groups is 1. The second-order valence-corrected chi connectivity index (χ2v) is 22.0. The van der Waals surface area contributed by atoms with Gasteiger partial charge in [0.1, 0.15) is 54.1 Å². The highest BCUT2D eigenvalue weighted by molar-refractivity contribution is 7.98. The standard InChI is InChI=1S/C55H86N10O13S/c1-11-31(7)44(52(74)60-38(24-29(3)4)49(71)65-46(33(9)66)54(76)62-42(55(77)78)25-30(5)6)64-51(73)41(28-43(57)68)61-53(75)45(32(8)12-2)63-50(72)40(26-34-16-14-13-15-17-34)59-48(70)39(27-35-18-20-36(67)21-19-35)58-47(69)37(56)22-23-79-10/h13-21,29-33,37-42,44-46,66-67H,11-12,22-28,56H2,1-10H3,(H2,57,68)(H,58,69)(H,59,70)(H,60,74)(H,61,75)(H,62,76)(H,63,72)(H,64,73)(H,65,71)(H,77,78). The van der Waals surface area contributed by atoms with E-state index in [1.54, 1.807) is 97.9 Å². The maximum absolute atomic E-state index is 14.5. The van der Waals surface area contributed by atoms with Gasteiger partial charge in [0.25, 0.3) is 0 Å². The summed E-state index contributed by atoms with van der Waals surface area (Å²) < 4.78 is 0. The predicted octanol–water partition coefficient (Wildman–Crippen LogP) is 0.661. The zero-order valence-electron chi connectivity index (χ0n) is 47.1. The van der Waals surface area contributed by atoms with Crippen molar-refractivity contribution in [3.63, 3.8) is 0 Å². The summed E-state index contributed by atoms with van der Waals surface area (Å²) in [6, 6.07) is 2.37. The number of primary amides is 1. The molecule has 0 bridgehead atoms. The predicted molar refractivity (Wildman–Crippen MR) is 299 cm³/mol. The molecule has 0 heterocycles. The number of carbonyl (C=O) groups excluding carboxylic acids is 9. The van der Waals surface area contributed by atoms with Gasteiger partial charge in [0.05, 0.1) is 18.6 Å². The number of amides is 9. The number of aliphatic hydroxyl groups excluding tert-OH is 1. The summed E-state index contributed by atoms with van der Waals surface area (Å²) >= 11 is 1.49. The van der Waals surface area contributed by atoms with Crippen LogP contribution in [0.15, 0.2) is 54.6 Å². The Kier molecular flexibility index (Phi) is 29.6. The van der Waals surface area contributed by atoms with Crippen molar-refractivity contribution in [3.05, 3.63) is 65.7 Å². The number of rotatable bonds is 35. The van der Waals surface area contributed by atoms with Gasteiger partial charge in [0.2, 0.25) is 53.2 Å². The van der Waals surface area contributed by atoms with Crippen molar-refractivity contribution in [2.75, 3.05) is 12.0 Å². The quantitative estimate of drug-likeness (QED) is 0.0451. The first kappa shape index (κ1) is 68.3. The number of aliphatic carboxylic acids is 1. The summed E-state index contributed by atoms with van der Waals surface area (Å²) in [6.45, 7) is 15.0. The van der Waals surface area contributed by atoms with Crippen LogP contribution >= 0.6 is 11.8 Å². The van der Waals surface area contributed by atoms with Crippen LogP contribution in [0.1, 0.15) is 112 Å². The van der Waals surface area contributed by atoms with E-state index >= 15 is 0 Å². The maximum Gasteiger partial charge on any atom is 0.326 e. The second kappa shape index (κ2) is 34.3. The lowest BCUT2D eigenvalue weighted by molar-refractivity contribution is -0.143. The van der Waals surface area contributed by atoms with Crippen molar-refractivity contribution in [1.82, 2.24) is 42.5 Å². The minimum atomic E-state index is -1.70. The molecule has 2 rings (SSSR count). The molecule has 0 saturated heterocycles. The molecule has 0 radical (unpaired) electrons. The Hall–Kier alpha value is -6.79. The number of benzene rings is 2. The minimum absolute atomic E-state index is 0.0150. The first-order valence-electron chi connectivity index (χ1n) is 26.8. The number of phenolic OH excluding ortho intramolecular Hbond substituents is 1. The second-order valence-electron chi connectivity index (χ2n) is 21.0. The van der Waals surface area contributed by atoms with Crippen LogP contribution in [-0.2, 0) is 60.8 Å². The monoisotopic (exact) mass is 1130 g/mol. The number of nitrogens with two attached hydrogens (primary N) is 2. The van der Waals surface area contributed by atoms with E-state index in [0.29, 0.717) is 36.1 Å². The molecule has 9 amide bonds. The van der Waals surface area contributed by atoms with E-state index in [2.05, 4.69) is 42.5 Å². The van der Waals surface area contributed by atoms with E-state index < -0.39 is 138 Å². The van der Waals surface area contributed by atoms with Gasteiger partial charge in [-0.3, -0.25) is 43.2 Å². The van der Waals surface area contributed by atoms with Gasteiger partial charge in [-0.1, -0.05) is 111 Å². The van der Waals surface area contributed by atoms with Crippen molar-refractivity contribution in [2.45, 2.75) is 174 Å². The molecule has 0 spiro atoms. The Morgan fingerprint density at radius 1 is 0.519 bits per heavy atom. The maximum atomic E-state index is 14.5. The summed E-state index contributed by atoms with van der Waals surface area (Å²) in [5, 5.41) is 50.9. The van der Waals surface area contributed by atoms with Gasteiger partial charge in [-0.05, 0) is 85.1 Å². The van der Waals surface area contributed by atoms with Crippen LogP contribution in [0.2, 0.25) is 0 Å². The number of nitrogens with one attached hydrogen (secondary N) is 8.